The summed E-state index contributed by atoms with van der Waals surface area (Å²) in [6, 6.07) is 21.2. The molecule has 1 aliphatic rings. The van der Waals surface area contributed by atoms with Crippen LogP contribution < -0.4 is 21.9 Å². The summed E-state index contributed by atoms with van der Waals surface area (Å²) in [7, 11) is 0. The molecule has 4 aromatic rings. The number of hydrogen-bond donors (Lipinski definition) is 3. The van der Waals surface area contributed by atoms with Crippen LogP contribution >= 0.6 is 35.0 Å². The van der Waals surface area contributed by atoms with E-state index < -0.39 is 6.04 Å². The minimum atomic E-state index is -0.819. The van der Waals surface area contributed by atoms with Gasteiger partial charge in [-0.05, 0) is 47.0 Å². The van der Waals surface area contributed by atoms with E-state index in [0.29, 0.717) is 34.1 Å². The fourth-order valence-corrected chi connectivity index (χ4v) is 5.74. The van der Waals surface area contributed by atoms with Crippen molar-refractivity contribution >= 4 is 52.2 Å². The summed E-state index contributed by atoms with van der Waals surface area (Å²) >= 11 is 13.8. The minimum absolute atomic E-state index is 0.0659. The topological polar surface area (TPSA) is 102 Å². The van der Waals surface area contributed by atoms with Crippen LogP contribution in [0.25, 0.3) is 11.3 Å². The monoisotopic (exact) mass is 577 g/mol. The van der Waals surface area contributed by atoms with E-state index in [9.17, 15) is 9.59 Å². The predicted octanol–water partition coefficient (Wildman–Crippen LogP) is 6.14. The highest BCUT2D eigenvalue weighted by atomic mass is 35.5. The first-order valence-electron chi connectivity index (χ1n) is 12.2. The van der Waals surface area contributed by atoms with Crippen molar-refractivity contribution in [3.63, 3.8) is 0 Å². The number of rotatable bonds is 8. The minimum Gasteiger partial charge on any atom is -0.388 e. The second kappa shape index (κ2) is 12.0. The number of amides is 1. The van der Waals surface area contributed by atoms with Crippen molar-refractivity contribution in [2.75, 3.05) is 10.6 Å². The Morgan fingerprint density at radius 2 is 1.87 bits per heavy atom. The number of thioether (sulfide) groups is 1. The van der Waals surface area contributed by atoms with E-state index in [2.05, 4.69) is 15.6 Å². The maximum absolute atomic E-state index is 13.6. The van der Waals surface area contributed by atoms with Crippen molar-refractivity contribution in [1.82, 2.24) is 9.55 Å². The first-order valence-corrected chi connectivity index (χ1v) is 14.1. The average Bonchev–Trinajstić information content (AvgIpc) is 3.40. The first kappa shape index (κ1) is 26.9. The van der Waals surface area contributed by atoms with E-state index in [4.69, 9.17) is 28.9 Å². The molecule has 1 amide bonds. The molecule has 0 aliphatic carbocycles. The van der Waals surface area contributed by atoms with Crippen molar-refractivity contribution in [3.8, 4) is 11.3 Å². The quantitative estimate of drug-likeness (QED) is 0.217. The molecule has 1 aliphatic heterocycles. The molecule has 1 atom stereocenters. The Labute approximate surface area is 240 Å². The molecule has 3 aromatic carbocycles. The molecule has 1 unspecified atom stereocenters. The van der Waals surface area contributed by atoms with Gasteiger partial charge >= 0.3 is 0 Å². The lowest BCUT2D eigenvalue weighted by molar-refractivity contribution is -0.119. The van der Waals surface area contributed by atoms with Gasteiger partial charge in [-0.1, -0.05) is 59.6 Å². The van der Waals surface area contributed by atoms with Gasteiger partial charge in [0.2, 0.25) is 5.91 Å². The number of aromatic nitrogens is 2. The molecular weight excluding hydrogens is 553 g/mol. The van der Waals surface area contributed by atoms with Crippen LogP contribution in [0.2, 0.25) is 5.02 Å². The highest BCUT2D eigenvalue weighted by Gasteiger charge is 2.24. The second-order valence-corrected chi connectivity index (χ2v) is 10.9. The van der Waals surface area contributed by atoms with Crippen LogP contribution in [0.15, 0.2) is 95.3 Å². The van der Waals surface area contributed by atoms with E-state index in [1.165, 1.54) is 34.3 Å². The molecule has 1 aromatic heterocycles. The van der Waals surface area contributed by atoms with Crippen LogP contribution in [-0.4, -0.2) is 15.5 Å². The molecule has 0 spiro atoms. The number of anilines is 2. The Bertz CT molecular complexity index is 1600. The standard InChI is InChI=1S/C29H25Cl2N5O2S/c30-21-7-9-24(33-14-27(31)32)23(12-21)25-13-28(37)36(17-34-25)26(10-18-4-2-1-3-5-18)29(38)35-22-8-6-19-15-39-16-20(19)11-22/h1-9,11-14,17,26,33H,10,15-16,32H2,(H,35,38)/b27-14-. The Morgan fingerprint density at radius 3 is 2.64 bits per heavy atom. The van der Waals surface area contributed by atoms with Crippen LogP contribution in [0.4, 0.5) is 11.4 Å². The number of fused-ring (bicyclic) bond motifs is 1. The number of nitrogens with two attached hydrogens (primary N) is 1. The zero-order valence-corrected chi connectivity index (χ0v) is 23.1. The molecule has 4 N–H and O–H groups in total. The third kappa shape index (κ3) is 6.47. The van der Waals surface area contributed by atoms with Crippen LogP contribution in [0, 0.1) is 0 Å². The summed E-state index contributed by atoms with van der Waals surface area (Å²) in [6.45, 7) is 0. The number of nitrogens with zero attached hydrogens (tertiary/aromatic N) is 2. The lowest BCUT2D eigenvalue weighted by Gasteiger charge is -2.20. The SMILES string of the molecule is N/C(Cl)=C\Nc1ccc(Cl)cc1-c1cc(=O)n(C(Cc2ccccc2)C(=O)Nc2ccc3c(c2)CSC3)cn1. The molecule has 5 rings (SSSR count). The molecular formula is C29H25Cl2N5O2S. The maximum atomic E-state index is 13.6. The number of carbonyl (C=O) groups is 1. The first-order chi connectivity index (χ1) is 18.9. The Hall–Kier alpha value is -3.72. The third-order valence-electron chi connectivity index (χ3n) is 6.36. The number of carbonyl (C=O) groups excluding carboxylic acids is 1. The fraction of sp³-hybridized carbons (Fsp3) is 0.138. The van der Waals surface area contributed by atoms with E-state index in [0.717, 1.165) is 17.1 Å². The van der Waals surface area contributed by atoms with Gasteiger partial charge in [0, 0.05) is 52.2 Å². The third-order valence-corrected chi connectivity index (χ3v) is 7.73. The zero-order valence-electron chi connectivity index (χ0n) is 20.7. The van der Waals surface area contributed by atoms with Gasteiger partial charge in [0.1, 0.15) is 11.2 Å². The molecule has 7 nitrogen and oxygen atoms in total. The largest absolute Gasteiger partial charge is 0.388 e. The second-order valence-electron chi connectivity index (χ2n) is 9.05. The predicted molar refractivity (Wildman–Crippen MR) is 160 cm³/mol. The van der Waals surface area contributed by atoms with E-state index in [1.807, 2.05) is 60.3 Å². The van der Waals surface area contributed by atoms with Crippen molar-refractivity contribution in [2.45, 2.75) is 24.0 Å². The summed E-state index contributed by atoms with van der Waals surface area (Å²) in [4.78, 5) is 31.6. The summed E-state index contributed by atoms with van der Waals surface area (Å²) in [5, 5.41) is 6.55. The van der Waals surface area contributed by atoms with Crippen LogP contribution in [0.1, 0.15) is 22.7 Å². The number of nitrogens with one attached hydrogen (secondary N) is 2. The van der Waals surface area contributed by atoms with Gasteiger partial charge in [-0.3, -0.25) is 14.2 Å². The smallest absolute Gasteiger partial charge is 0.254 e. The van der Waals surface area contributed by atoms with Gasteiger partial charge in [0.05, 0.1) is 12.0 Å². The van der Waals surface area contributed by atoms with Gasteiger partial charge in [-0.15, -0.1) is 0 Å². The van der Waals surface area contributed by atoms with E-state index in [-0.39, 0.29) is 16.6 Å². The Balaban J connectivity index is 1.48. The van der Waals surface area contributed by atoms with Crippen LogP contribution in [-0.2, 0) is 22.7 Å². The molecule has 39 heavy (non-hydrogen) atoms. The summed E-state index contributed by atoms with van der Waals surface area (Å²) in [5.41, 5.74) is 10.9. The van der Waals surface area contributed by atoms with Gasteiger partial charge in [0.15, 0.2) is 0 Å². The molecule has 2 heterocycles. The molecule has 198 valence electrons. The van der Waals surface area contributed by atoms with Crippen molar-refractivity contribution in [3.05, 3.63) is 123 Å². The van der Waals surface area contributed by atoms with Gasteiger partial charge in [-0.25, -0.2) is 4.98 Å². The van der Waals surface area contributed by atoms with Gasteiger partial charge in [0.25, 0.3) is 5.56 Å². The van der Waals surface area contributed by atoms with Crippen LogP contribution in [0.3, 0.4) is 0 Å². The van der Waals surface area contributed by atoms with E-state index in [1.54, 1.807) is 18.2 Å². The Morgan fingerprint density at radius 1 is 1.08 bits per heavy atom. The normalized spacial score (nSPS) is 13.5. The lowest BCUT2D eigenvalue weighted by atomic mass is 10.0. The molecule has 0 bridgehead atoms. The zero-order chi connectivity index (χ0) is 27.4. The van der Waals surface area contributed by atoms with Gasteiger partial charge < -0.3 is 16.4 Å². The number of benzene rings is 3. The summed E-state index contributed by atoms with van der Waals surface area (Å²) in [6.07, 6.45) is 3.15. The molecule has 0 saturated carbocycles. The number of hydrogen-bond acceptors (Lipinski definition) is 6. The van der Waals surface area contributed by atoms with Crippen molar-refractivity contribution in [1.29, 1.82) is 0 Å². The highest BCUT2D eigenvalue weighted by Crippen LogP contribution is 2.32. The lowest BCUT2D eigenvalue weighted by Crippen LogP contribution is -2.34. The maximum Gasteiger partial charge on any atom is 0.254 e. The average molecular weight is 579 g/mol. The van der Waals surface area contributed by atoms with Crippen molar-refractivity contribution < 1.29 is 4.79 Å². The Kier molecular flexibility index (Phi) is 8.26. The molecule has 0 saturated heterocycles. The molecule has 0 radical (unpaired) electrons. The van der Waals surface area contributed by atoms with E-state index >= 15 is 0 Å². The van der Waals surface area contributed by atoms with Gasteiger partial charge in [-0.2, -0.15) is 11.8 Å². The molecule has 0 fully saturated rings. The highest BCUT2D eigenvalue weighted by molar-refractivity contribution is 7.98. The van der Waals surface area contributed by atoms with Crippen molar-refractivity contribution in [2.24, 2.45) is 5.73 Å². The summed E-state index contributed by atoms with van der Waals surface area (Å²) in [5.74, 6) is 1.60. The van der Waals surface area contributed by atoms with Crippen LogP contribution in [0.5, 0.6) is 0 Å². The molecule has 10 heteroatoms. The number of halogens is 2. The summed E-state index contributed by atoms with van der Waals surface area (Å²) < 4.78 is 1.36. The fourth-order valence-electron chi connectivity index (χ4n) is 4.42.